The van der Waals surface area contributed by atoms with Crippen molar-refractivity contribution in [3.05, 3.63) is 70.2 Å². The van der Waals surface area contributed by atoms with Crippen molar-refractivity contribution in [3.8, 4) is 0 Å². The highest BCUT2D eigenvalue weighted by Crippen LogP contribution is 2.33. The van der Waals surface area contributed by atoms with E-state index in [0.29, 0.717) is 10.6 Å². The first-order valence-corrected chi connectivity index (χ1v) is 5.80. The van der Waals surface area contributed by atoms with E-state index in [1.165, 1.54) is 12.1 Å². The van der Waals surface area contributed by atoms with E-state index in [1.807, 2.05) is 0 Å². The van der Waals surface area contributed by atoms with Gasteiger partial charge in [-0.3, -0.25) is 0 Å². The molecule has 0 heterocycles. The van der Waals surface area contributed by atoms with Crippen LogP contribution in [0.1, 0.15) is 18.1 Å². The van der Waals surface area contributed by atoms with Crippen molar-refractivity contribution in [2.24, 2.45) is 5.73 Å². The van der Waals surface area contributed by atoms with Gasteiger partial charge in [-0.05, 0) is 24.6 Å². The molecule has 1 nitrogen and oxygen atoms in total. The quantitative estimate of drug-likeness (QED) is 0.879. The third kappa shape index (κ3) is 2.24. The normalized spacial score (nSPS) is 14.3. The van der Waals surface area contributed by atoms with Gasteiger partial charge in [0, 0.05) is 16.7 Å². The molecule has 0 spiro atoms. The molecule has 18 heavy (non-hydrogen) atoms. The first kappa shape index (κ1) is 13.0. The Labute approximate surface area is 109 Å². The summed E-state index contributed by atoms with van der Waals surface area (Å²) in [5.41, 5.74) is 5.85. The highest BCUT2D eigenvalue weighted by atomic mass is 35.5. The zero-order valence-corrected chi connectivity index (χ0v) is 10.5. The topological polar surface area (TPSA) is 26.0 Å². The number of halogens is 3. The molecule has 0 bridgehead atoms. The lowest BCUT2D eigenvalue weighted by atomic mass is 9.85. The van der Waals surface area contributed by atoms with Crippen LogP contribution in [0.2, 0.25) is 5.02 Å². The maximum atomic E-state index is 13.8. The SMILES string of the molecule is CC(N)(c1ccc(F)cc1F)c1ccccc1Cl. The molecule has 0 fully saturated rings. The van der Waals surface area contributed by atoms with E-state index in [4.69, 9.17) is 17.3 Å². The Hall–Kier alpha value is -1.45. The standard InChI is InChI=1S/C14H12ClF2N/c1-14(18,10-4-2-3-5-12(10)15)11-7-6-9(16)8-13(11)17/h2-8H,18H2,1H3. The second kappa shape index (κ2) is 4.67. The summed E-state index contributed by atoms with van der Waals surface area (Å²) in [6, 6.07) is 10.3. The highest BCUT2D eigenvalue weighted by Gasteiger charge is 2.29. The summed E-state index contributed by atoms with van der Waals surface area (Å²) < 4.78 is 26.7. The van der Waals surface area contributed by atoms with Crippen molar-refractivity contribution >= 4 is 11.6 Å². The van der Waals surface area contributed by atoms with Crippen LogP contribution in [0.4, 0.5) is 8.78 Å². The lowest BCUT2D eigenvalue weighted by molar-refractivity contribution is 0.518. The van der Waals surface area contributed by atoms with Gasteiger partial charge in [0.25, 0.3) is 0 Å². The Morgan fingerprint density at radius 3 is 2.33 bits per heavy atom. The summed E-state index contributed by atoms with van der Waals surface area (Å²) in [5, 5.41) is 0.450. The maximum absolute atomic E-state index is 13.8. The van der Waals surface area contributed by atoms with E-state index < -0.39 is 17.2 Å². The smallest absolute Gasteiger partial charge is 0.131 e. The molecule has 4 heteroatoms. The summed E-state index contributed by atoms with van der Waals surface area (Å²) in [4.78, 5) is 0. The molecule has 0 aromatic heterocycles. The van der Waals surface area contributed by atoms with Crippen LogP contribution in [0.15, 0.2) is 42.5 Å². The van der Waals surface area contributed by atoms with E-state index in [2.05, 4.69) is 0 Å². The molecule has 2 aromatic carbocycles. The molecule has 0 aliphatic heterocycles. The fourth-order valence-corrected chi connectivity index (χ4v) is 2.27. The van der Waals surface area contributed by atoms with E-state index in [1.54, 1.807) is 31.2 Å². The molecule has 1 atom stereocenters. The van der Waals surface area contributed by atoms with E-state index in [9.17, 15) is 8.78 Å². The molecule has 2 N–H and O–H groups in total. The van der Waals surface area contributed by atoms with E-state index >= 15 is 0 Å². The maximum Gasteiger partial charge on any atom is 0.131 e. The molecule has 94 valence electrons. The monoisotopic (exact) mass is 267 g/mol. The zero-order chi connectivity index (χ0) is 13.3. The van der Waals surface area contributed by atoms with Crippen molar-refractivity contribution in [3.63, 3.8) is 0 Å². The molecule has 0 radical (unpaired) electrons. The Kier molecular flexibility index (Phi) is 3.37. The Morgan fingerprint density at radius 2 is 1.72 bits per heavy atom. The summed E-state index contributed by atoms with van der Waals surface area (Å²) in [6.07, 6.45) is 0. The zero-order valence-electron chi connectivity index (χ0n) is 9.75. The molecule has 0 saturated heterocycles. The summed E-state index contributed by atoms with van der Waals surface area (Å²) in [5.74, 6) is -1.31. The van der Waals surface area contributed by atoms with Crippen LogP contribution in [-0.4, -0.2) is 0 Å². The van der Waals surface area contributed by atoms with Gasteiger partial charge in [-0.15, -0.1) is 0 Å². The third-order valence-corrected chi connectivity index (χ3v) is 3.25. The molecule has 1 unspecified atom stereocenters. The molecule has 0 aliphatic carbocycles. The van der Waals surface area contributed by atoms with Crippen molar-refractivity contribution in [1.82, 2.24) is 0 Å². The van der Waals surface area contributed by atoms with Crippen LogP contribution in [-0.2, 0) is 5.54 Å². The first-order valence-electron chi connectivity index (χ1n) is 5.42. The first-order chi connectivity index (χ1) is 8.43. The van der Waals surface area contributed by atoms with Crippen molar-refractivity contribution in [2.75, 3.05) is 0 Å². The molecule has 0 saturated carbocycles. The summed E-state index contributed by atoms with van der Waals surface area (Å²) in [7, 11) is 0. The van der Waals surface area contributed by atoms with Gasteiger partial charge in [-0.1, -0.05) is 35.9 Å². The van der Waals surface area contributed by atoms with Crippen molar-refractivity contribution in [2.45, 2.75) is 12.5 Å². The van der Waals surface area contributed by atoms with Gasteiger partial charge >= 0.3 is 0 Å². The summed E-state index contributed by atoms with van der Waals surface area (Å²) >= 11 is 6.07. The third-order valence-electron chi connectivity index (χ3n) is 2.92. The molecular weight excluding hydrogens is 256 g/mol. The lowest BCUT2D eigenvalue weighted by Crippen LogP contribution is -2.35. The number of hydrogen-bond acceptors (Lipinski definition) is 1. The number of rotatable bonds is 2. The predicted octanol–water partition coefficient (Wildman–Crippen LogP) is 3.84. The summed E-state index contributed by atoms with van der Waals surface area (Å²) in [6.45, 7) is 1.64. The predicted molar refractivity (Wildman–Crippen MR) is 68.5 cm³/mol. The number of hydrogen-bond donors (Lipinski definition) is 1. The second-order valence-electron chi connectivity index (χ2n) is 4.31. The van der Waals surface area contributed by atoms with Crippen LogP contribution >= 0.6 is 11.6 Å². The van der Waals surface area contributed by atoms with Crippen LogP contribution in [0.25, 0.3) is 0 Å². The Bertz CT molecular complexity index is 582. The molecule has 2 aromatic rings. The minimum Gasteiger partial charge on any atom is -0.318 e. The largest absolute Gasteiger partial charge is 0.318 e. The minimum absolute atomic E-state index is 0.206. The molecular formula is C14H12ClF2N. The highest BCUT2D eigenvalue weighted by molar-refractivity contribution is 6.31. The molecule has 0 amide bonds. The Balaban J connectivity index is 2.58. The van der Waals surface area contributed by atoms with Gasteiger partial charge in [-0.2, -0.15) is 0 Å². The van der Waals surface area contributed by atoms with Gasteiger partial charge in [0.15, 0.2) is 0 Å². The van der Waals surface area contributed by atoms with Crippen molar-refractivity contribution in [1.29, 1.82) is 0 Å². The Morgan fingerprint density at radius 1 is 1.06 bits per heavy atom. The number of nitrogens with two attached hydrogens (primary N) is 1. The lowest BCUT2D eigenvalue weighted by Gasteiger charge is -2.27. The van der Waals surface area contributed by atoms with Crippen LogP contribution in [0, 0.1) is 11.6 Å². The molecule has 0 aliphatic rings. The minimum atomic E-state index is -1.11. The average Bonchev–Trinajstić information content (AvgIpc) is 2.28. The van der Waals surface area contributed by atoms with Gasteiger partial charge in [0.2, 0.25) is 0 Å². The second-order valence-corrected chi connectivity index (χ2v) is 4.71. The van der Waals surface area contributed by atoms with E-state index in [0.717, 1.165) is 6.07 Å². The van der Waals surface area contributed by atoms with Crippen LogP contribution in [0.5, 0.6) is 0 Å². The van der Waals surface area contributed by atoms with Gasteiger partial charge in [0.05, 0.1) is 5.54 Å². The van der Waals surface area contributed by atoms with Crippen LogP contribution < -0.4 is 5.73 Å². The van der Waals surface area contributed by atoms with Gasteiger partial charge < -0.3 is 5.73 Å². The van der Waals surface area contributed by atoms with Crippen LogP contribution in [0.3, 0.4) is 0 Å². The van der Waals surface area contributed by atoms with Gasteiger partial charge in [0.1, 0.15) is 11.6 Å². The van der Waals surface area contributed by atoms with E-state index in [-0.39, 0.29) is 5.56 Å². The van der Waals surface area contributed by atoms with Crippen molar-refractivity contribution < 1.29 is 8.78 Å². The average molecular weight is 268 g/mol. The number of benzene rings is 2. The molecule has 2 rings (SSSR count). The van der Waals surface area contributed by atoms with Gasteiger partial charge in [-0.25, -0.2) is 8.78 Å². The fraction of sp³-hybridized carbons (Fsp3) is 0.143. The fourth-order valence-electron chi connectivity index (χ4n) is 1.94.